The molecule has 3 atom stereocenters. The highest BCUT2D eigenvalue weighted by Gasteiger charge is 2.30. The van der Waals surface area contributed by atoms with E-state index >= 15 is 0 Å². The molecule has 1 saturated carbocycles. The summed E-state index contributed by atoms with van der Waals surface area (Å²) in [6, 6.07) is 9.30. The predicted octanol–water partition coefficient (Wildman–Crippen LogP) is 4.15. The summed E-state index contributed by atoms with van der Waals surface area (Å²) in [5.41, 5.74) is 1.39. The lowest BCUT2D eigenvalue weighted by molar-refractivity contribution is 0.344. The molecule has 1 aliphatic carbocycles. The monoisotopic (exact) mass is 268 g/mol. The van der Waals surface area contributed by atoms with Crippen LogP contribution in [0.1, 0.15) is 38.7 Å². The minimum absolute atomic E-state index is 0.678. The van der Waals surface area contributed by atoms with Crippen LogP contribution < -0.4 is 5.32 Å². The van der Waals surface area contributed by atoms with Crippen LogP contribution in [-0.4, -0.2) is 11.0 Å². The van der Waals surface area contributed by atoms with E-state index < -0.39 is 0 Å². The molecule has 0 spiro atoms. The van der Waals surface area contributed by atoms with Gasteiger partial charge in [0, 0.05) is 30.4 Å². The topological polar surface area (TPSA) is 24.9 Å². The number of pyridine rings is 1. The van der Waals surface area contributed by atoms with E-state index in [4.69, 9.17) is 0 Å². The number of aromatic nitrogens is 1. The second-order valence-corrected chi connectivity index (χ2v) is 6.11. The van der Waals surface area contributed by atoms with E-state index in [1.165, 1.54) is 35.6 Å². The highest BCUT2D eigenvalue weighted by Crippen LogP contribution is 2.34. The van der Waals surface area contributed by atoms with Gasteiger partial charge in [-0.15, -0.1) is 0 Å². The van der Waals surface area contributed by atoms with Crippen molar-refractivity contribution in [2.75, 3.05) is 0 Å². The maximum absolute atomic E-state index is 4.20. The molecule has 2 aromatic rings. The average molecular weight is 268 g/mol. The van der Waals surface area contributed by atoms with E-state index in [1.807, 2.05) is 12.4 Å². The Hall–Kier alpha value is -1.41. The average Bonchev–Trinajstić information content (AvgIpc) is 2.85. The van der Waals surface area contributed by atoms with Crippen molar-refractivity contribution in [3.05, 3.63) is 42.2 Å². The van der Waals surface area contributed by atoms with E-state index in [0.29, 0.717) is 6.04 Å². The van der Waals surface area contributed by atoms with Gasteiger partial charge in [0.1, 0.15) is 0 Å². The Morgan fingerprint density at radius 1 is 1.25 bits per heavy atom. The second kappa shape index (κ2) is 5.92. The van der Waals surface area contributed by atoms with Gasteiger partial charge in [-0.1, -0.05) is 38.5 Å². The lowest BCUT2D eigenvalue weighted by Crippen LogP contribution is -2.32. The zero-order valence-electron chi connectivity index (χ0n) is 12.5. The van der Waals surface area contributed by atoms with Crippen molar-refractivity contribution in [3.8, 4) is 0 Å². The molecule has 1 N–H and O–H groups in total. The fourth-order valence-corrected chi connectivity index (χ4v) is 3.70. The highest BCUT2D eigenvalue weighted by molar-refractivity contribution is 5.84. The van der Waals surface area contributed by atoms with Crippen molar-refractivity contribution in [1.82, 2.24) is 10.3 Å². The Kier molecular flexibility index (Phi) is 4.02. The molecule has 3 unspecified atom stereocenters. The van der Waals surface area contributed by atoms with Gasteiger partial charge in [0.25, 0.3) is 0 Å². The molecule has 0 aliphatic heterocycles. The van der Waals surface area contributed by atoms with Gasteiger partial charge in [-0.05, 0) is 41.7 Å². The third-order valence-electron chi connectivity index (χ3n) is 5.08. The molecule has 20 heavy (non-hydrogen) atoms. The number of nitrogens with one attached hydrogen (secondary N) is 1. The first kappa shape index (κ1) is 13.6. The minimum Gasteiger partial charge on any atom is -0.310 e. The van der Waals surface area contributed by atoms with Gasteiger partial charge < -0.3 is 5.32 Å². The third kappa shape index (κ3) is 2.57. The van der Waals surface area contributed by atoms with Gasteiger partial charge in [0.15, 0.2) is 0 Å². The summed E-state index contributed by atoms with van der Waals surface area (Å²) >= 11 is 0. The van der Waals surface area contributed by atoms with Crippen molar-refractivity contribution >= 4 is 10.8 Å². The largest absolute Gasteiger partial charge is 0.310 e. The van der Waals surface area contributed by atoms with Crippen molar-refractivity contribution in [3.63, 3.8) is 0 Å². The Morgan fingerprint density at radius 3 is 2.95 bits per heavy atom. The summed E-state index contributed by atoms with van der Waals surface area (Å²) < 4.78 is 0. The van der Waals surface area contributed by atoms with Crippen LogP contribution in [0.2, 0.25) is 0 Å². The molecular formula is C18H24N2. The predicted molar refractivity (Wildman–Crippen MR) is 84.5 cm³/mol. The minimum atomic E-state index is 0.678. The molecule has 2 heteroatoms. The smallest absolute Gasteiger partial charge is 0.0346 e. The molecule has 106 valence electrons. The summed E-state index contributed by atoms with van der Waals surface area (Å²) in [6.45, 7) is 5.69. The van der Waals surface area contributed by atoms with Crippen LogP contribution in [0, 0.1) is 11.8 Å². The van der Waals surface area contributed by atoms with E-state index in [0.717, 1.165) is 18.4 Å². The molecule has 1 fully saturated rings. The first-order valence-electron chi connectivity index (χ1n) is 7.84. The van der Waals surface area contributed by atoms with Crippen LogP contribution in [-0.2, 0) is 6.54 Å². The molecule has 0 saturated heterocycles. The lowest BCUT2D eigenvalue weighted by atomic mass is 9.93. The van der Waals surface area contributed by atoms with E-state index in [1.54, 1.807) is 0 Å². The molecule has 1 aromatic heterocycles. The Bertz CT molecular complexity index is 573. The Morgan fingerprint density at radius 2 is 2.15 bits per heavy atom. The summed E-state index contributed by atoms with van der Waals surface area (Å²) in [7, 11) is 0. The lowest BCUT2D eigenvalue weighted by Gasteiger charge is -2.21. The van der Waals surface area contributed by atoms with Gasteiger partial charge in [0.05, 0.1) is 0 Å². The zero-order valence-corrected chi connectivity index (χ0v) is 12.5. The standard InChI is InChI=1S/C18H24N2/c1-3-14-7-8-18(13(14)2)20-12-16-6-4-5-15-11-19-10-9-17(15)16/h4-6,9-11,13-14,18,20H,3,7-8,12H2,1-2H3. The second-order valence-electron chi connectivity index (χ2n) is 6.11. The maximum atomic E-state index is 4.20. The molecule has 1 aliphatic rings. The molecule has 2 nitrogen and oxygen atoms in total. The van der Waals surface area contributed by atoms with Crippen LogP contribution >= 0.6 is 0 Å². The molecule has 0 amide bonds. The van der Waals surface area contributed by atoms with E-state index in [9.17, 15) is 0 Å². The number of hydrogen-bond donors (Lipinski definition) is 1. The fourth-order valence-electron chi connectivity index (χ4n) is 3.70. The molecular weight excluding hydrogens is 244 g/mol. The highest BCUT2D eigenvalue weighted by atomic mass is 14.9. The molecule has 0 radical (unpaired) electrons. The molecule has 0 bridgehead atoms. The number of benzene rings is 1. The van der Waals surface area contributed by atoms with Crippen LogP contribution in [0.15, 0.2) is 36.7 Å². The molecule has 1 heterocycles. The summed E-state index contributed by atoms with van der Waals surface area (Å²) in [5, 5.41) is 6.34. The molecule has 1 aromatic carbocycles. The summed E-state index contributed by atoms with van der Waals surface area (Å²) in [5.74, 6) is 1.71. The first-order chi connectivity index (χ1) is 9.79. The Balaban J connectivity index is 1.72. The van der Waals surface area contributed by atoms with Crippen LogP contribution in [0.4, 0.5) is 0 Å². The van der Waals surface area contributed by atoms with Gasteiger partial charge in [-0.3, -0.25) is 4.98 Å². The SMILES string of the molecule is CCC1CCC(NCc2cccc3cnccc23)C1C. The fraction of sp³-hybridized carbons (Fsp3) is 0.500. The van der Waals surface area contributed by atoms with Gasteiger partial charge >= 0.3 is 0 Å². The third-order valence-corrected chi connectivity index (χ3v) is 5.08. The normalized spacial score (nSPS) is 26.2. The summed E-state index contributed by atoms with van der Waals surface area (Å²) in [6.07, 6.45) is 7.86. The van der Waals surface area contributed by atoms with Crippen LogP contribution in [0.5, 0.6) is 0 Å². The number of nitrogens with zero attached hydrogens (tertiary/aromatic N) is 1. The zero-order chi connectivity index (χ0) is 13.9. The van der Waals surface area contributed by atoms with Crippen LogP contribution in [0.25, 0.3) is 10.8 Å². The van der Waals surface area contributed by atoms with Gasteiger partial charge in [-0.25, -0.2) is 0 Å². The van der Waals surface area contributed by atoms with Crippen LogP contribution in [0.3, 0.4) is 0 Å². The molecule has 3 rings (SSSR count). The number of hydrogen-bond acceptors (Lipinski definition) is 2. The Labute approximate surface area is 121 Å². The van der Waals surface area contributed by atoms with Crippen molar-refractivity contribution in [1.29, 1.82) is 0 Å². The van der Waals surface area contributed by atoms with Gasteiger partial charge in [0.2, 0.25) is 0 Å². The van der Waals surface area contributed by atoms with Crippen molar-refractivity contribution < 1.29 is 0 Å². The summed E-state index contributed by atoms with van der Waals surface area (Å²) in [4.78, 5) is 4.20. The van der Waals surface area contributed by atoms with Gasteiger partial charge in [-0.2, -0.15) is 0 Å². The van der Waals surface area contributed by atoms with Crippen molar-refractivity contribution in [2.24, 2.45) is 11.8 Å². The van der Waals surface area contributed by atoms with E-state index in [-0.39, 0.29) is 0 Å². The number of rotatable bonds is 4. The first-order valence-corrected chi connectivity index (χ1v) is 7.84. The quantitative estimate of drug-likeness (QED) is 0.901. The van der Waals surface area contributed by atoms with E-state index in [2.05, 4.69) is 48.4 Å². The van der Waals surface area contributed by atoms with Crippen molar-refractivity contribution in [2.45, 2.75) is 45.7 Å². The number of fused-ring (bicyclic) bond motifs is 1. The maximum Gasteiger partial charge on any atom is 0.0346 e.